The molecule has 0 aromatic heterocycles. The average molecular weight is 281 g/mol. The topological polar surface area (TPSA) is 23.5 Å². The highest BCUT2D eigenvalue weighted by molar-refractivity contribution is 5.58. The molecule has 2 nitrogen and oxygen atoms in total. The second-order valence-electron chi connectivity index (χ2n) is 5.10. The van der Waals surface area contributed by atoms with E-state index in [2.05, 4.69) is 16.7 Å². The average Bonchev–Trinajstić information content (AvgIpc) is 2.89. The quantitative estimate of drug-likeness (QED) is 0.856. The van der Waals surface area contributed by atoms with Crippen LogP contribution in [0.5, 0.6) is 0 Å². The van der Waals surface area contributed by atoms with E-state index in [0.717, 1.165) is 30.8 Å². The summed E-state index contributed by atoms with van der Waals surface area (Å²) < 4.78 is 13.4. The number of aliphatic hydroxyl groups excluding tert-OH is 1. The molecule has 2 aromatic carbocycles. The lowest BCUT2D eigenvalue weighted by molar-refractivity contribution is 0.350. The second-order valence-corrected chi connectivity index (χ2v) is 5.10. The molecule has 2 aromatic rings. The van der Waals surface area contributed by atoms with Gasteiger partial charge in [-0.15, -0.1) is 0 Å². The van der Waals surface area contributed by atoms with E-state index in [9.17, 15) is 4.39 Å². The molecule has 0 radical (unpaired) electrons. The third-order valence-corrected chi connectivity index (χ3v) is 3.68. The van der Waals surface area contributed by atoms with Crippen molar-refractivity contribution in [3.8, 4) is 11.8 Å². The van der Waals surface area contributed by atoms with Crippen molar-refractivity contribution in [2.75, 3.05) is 18.1 Å². The Labute approximate surface area is 123 Å². The minimum absolute atomic E-state index is 0.127. The Morgan fingerprint density at radius 1 is 1.14 bits per heavy atom. The lowest BCUT2D eigenvalue weighted by Crippen LogP contribution is -2.19. The van der Waals surface area contributed by atoms with Crippen LogP contribution in [0.25, 0.3) is 0 Å². The maximum absolute atomic E-state index is 13.4. The normalized spacial score (nSPS) is 12.8. The second kappa shape index (κ2) is 5.99. The Bertz CT molecular complexity index is 697. The smallest absolute Gasteiger partial charge is 0.125 e. The van der Waals surface area contributed by atoms with Gasteiger partial charge >= 0.3 is 0 Å². The molecule has 0 aliphatic carbocycles. The van der Waals surface area contributed by atoms with Crippen molar-refractivity contribution in [2.45, 2.75) is 13.0 Å². The van der Waals surface area contributed by atoms with Crippen LogP contribution in [0.15, 0.2) is 42.5 Å². The van der Waals surface area contributed by atoms with Gasteiger partial charge in [-0.2, -0.15) is 0 Å². The molecule has 0 unspecified atom stereocenters. The van der Waals surface area contributed by atoms with Crippen molar-refractivity contribution in [3.63, 3.8) is 0 Å². The zero-order valence-corrected chi connectivity index (χ0v) is 11.6. The summed E-state index contributed by atoms with van der Waals surface area (Å²) in [5.41, 5.74) is 4.27. The first-order chi connectivity index (χ1) is 10.3. The van der Waals surface area contributed by atoms with Gasteiger partial charge < -0.3 is 10.0 Å². The first kappa shape index (κ1) is 13.7. The molecule has 0 amide bonds. The molecule has 0 spiro atoms. The minimum atomic E-state index is -0.185. The van der Waals surface area contributed by atoms with Crippen molar-refractivity contribution in [2.24, 2.45) is 0 Å². The van der Waals surface area contributed by atoms with Gasteiger partial charge in [0.15, 0.2) is 0 Å². The van der Waals surface area contributed by atoms with Gasteiger partial charge in [0.2, 0.25) is 0 Å². The number of fused-ring (bicyclic) bond motifs is 1. The Hall–Kier alpha value is -2.31. The first-order valence-corrected chi connectivity index (χ1v) is 6.98. The molecule has 0 saturated carbocycles. The highest BCUT2D eigenvalue weighted by atomic mass is 19.1. The van der Waals surface area contributed by atoms with Crippen LogP contribution >= 0.6 is 0 Å². The van der Waals surface area contributed by atoms with Crippen LogP contribution in [0.2, 0.25) is 0 Å². The fourth-order valence-electron chi connectivity index (χ4n) is 2.64. The Morgan fingerprint density at radius 2 is 1.95 bits per heavy atom. The first-order valence-electron chi connectivity index (χ1n) is 6.98. The maximum atomic E-state index is 13.4. The lowest BCUT2D eigenvalue weighted by Gasteiger charge is -2.19. The molecule has 0 saturated heterocycles. The molecule has 3 rings (SSSR count). The van der Waals surface area contributed by atoms with E-state index in [0.29, 0.717) is 0 Å². The highest BCUT2D eigenvalue weighted by Crippen LogP contribution is 2.29. The number of hydrogen-bond donors (Lipinski definition) is 1. The van der Waals surface area contributed by atoms with Crippen LogP contribution in [0, 0.1) is 17.7 Å². The van der Waals surface area contributed by atoms with Gasteiger partial charge in [-0.3, -0.25) is 0 Å². The molecule has 0 bridgehead atoms. The van der Waals surface area contributed by atoms with Gasteiger partial charge in [-0.1, -0.05) is 30.0 Å². The predicted octanol–water partition coefficient (Wildman–Crippen LogP) is 2.73. The van der Waals surface area contributed by atoms with Gasteiger partial charge in [0.05, 0.1) is 0 Å². The SMILES string of the molecule is OCC#Cc1ccc(CN2CCc3ccc(F)cc32)cc1. The third-order valence-electron chi connectivity index (χ3n) is 3.68. The summed E-state index contributed by atoms with van der Waals surface area (Å²) in [5.74, 6) is 5.32. The van der Waals surface area contributed by atoms with E-state index in [4.69, 9.17) is 5.11 Å². The van der Waals surface area contributed by atoms with Crippen LogP contribution < -0.4 is 4.90 Å². The Balaban J connectivity index is 1.75. The minimum Gasteiger partial charge on any atom is -0.384 e. The molecule has 0 fully saturated rings. The van der Waals surface area contributed by atoms with Gasteiger partial charge in [0.1, 0.15) is 12.4 Å². The molecule has 1 N–H and O–H groups in total. The number of nitrogens with zero attached hydrogens (tertiary/aromatic N) is 1. The molecule has 21 heavy (non-hydrogen) atoms. The lowest BCUT2D eigenvalue weighted by atomic mass is 10.1. The predicted molar refractivity (Wildman–Crippen MR) is 81.6 cm³/mol. The summed E-state index contributed by atoms with van der Waals surface area (Å²) >= 11 is 0. The maximum Gasteiger partial charge on any atom is 0.125 e. The van der Waals surface area contributed by atoms with Crippen LogP contribution in [0.4, 0.5) is 10.1 Å². The van der Waals surface area contributed by atoms with Gasteiger partial charge in [0, 0.05) is 24.3 Å². The summed E-state index contributed by atoms with van der Waals surface area (Å²) in [4.78, 5) is 2.20. The van der Waals surface area contributed by atoms with Crippen molar-refractivity contribution in [1.29, 1.82) is 0 Å². The van der Waals surface area contributed by atoms with Crippen LogP contribution in [0.1, 0.15) is 16.7 Å². The van der Waals surface area contributed by atoms with Gasteiger partial charge in [0.25, 0.3) is 0 Å². The summed E-state index contributed by atoms with van der Waals surface area (Å²) in [6.45, 7) is 1.56. The van der Waals surface area contributed by atoms with Crippen molar-refractivity contribution in [3.05, 3.63) is 65.0 Å². The van der Waals surface area contributed by atoms with Gasteiger partial charge in [-0.05, 0) is 41.8 Å². The Kier molecular flexibility index (Phi) is 3.89. The fourth-order valence-corrected chi connectivity index (χ4v) is 2.64. The monoisotopic (exact) mass is 281 g/mol. The van der Waals surface area contributed by atoms with E-state index in [1.54, 1.807) is 6.07 Å². The van der Waals surface area contributed by atoms with E-state index in [1.807, 2.05) is 30.3 Å². The number of hydrogen-bond acceptors (Lipinski definition) is 2. The van der Waals surface area contributed by atoms with E-state index in [1.165, 1.54) is 17.2 Å². The van der Waals surface area contributed by atoms with Gasteiger partial charge in [-0.25, -0.2) is 4.39 Å². The summed E-state index contributed by atoms with van der Waals surface area (Å²) in [6.07, 6.45) is 0.968. The van der Waals surface area contributed by atoms with Crippen LogP contribution in [-0.2, 0) is 13.0 Å². The van der Waals surface area contributed by atoms with Crippen molar-refractivity contribution >= 4 is 5.69 Å². The van der Waals surface area contributed by atoms with Crippen molar-refractivity contribution in [1.82, 2.24) is 0 Å². The number of rotatable bonds is 2. The molecule has 1 aliphatic heterocycles. The zero-order valence-electron chi connectivity index (χ0n) is 11.6. The summed E-state index contributed by atoms with van der Waals surface area (Å²) in [7, 11) is 0. The summed E-state index contributed by atoms with van der Waals surface area (Å²) in [5, 5.41) is 8.68. The van der Waals surface area contributed by atoms with E-state index >= 15 is 0 Å². The standard InChI is InChI=1S/C18H16FNO/c19-17-8-7-16-9-10-20(18(16)12-17)13-15-5-3-14(4-6-15)2-1-11-21/h3-8,12,21H,9-11,13H2. The highest BCUT2D eigenvalue weighted by Gasteiger charge is 2.19. The fraction of sp³-hybridized carbons (Fsp3) is 0.222. The number of halogens is 1. The zero-order chi connectivity index (χ0) is 14.7. The van der Waals surface area contributed by atoms with Crippen LogP contribution in [0.3, 0.4) is 0 Å². The number of benzene rings is 2. The molecule has 106 valence electrons. The summed E-state index contributed by atoms with van der Waals surface area (Å²) in [6, 6.07) is 13.0. The Morgan fingerprint density at radius 3 is 2.71 bits per heavy atom. The van der Waals surface area contributed by atoms with Crippen molar-refractivity contribution < 1.29 is 9.50 Å². The third kappa shape index (κ3) is 3.07. The molecule has 1 heterocycles. The van der Waals surface area contributed by atoms with E-state index < -0.39 is 0 Å². The number of anilines is 1. The number of aliphatic hydroxyl groups is 1. The van der Waals surface area contributed by atoms with Crippen LogP contribution in [-0.4, -0.2) is 18.3 Å². The largest absolute Gasteiger partial charge is 0.384 e. The molecule has 1 aliphatic rings. The van der Waals surface area contributed by atoms with E-state index in [-0.39, 0.29) is 12.4 Å². The molecular weight excluding hydrogens is 265 g/mol. The molecule has 0 atom stereocenters. The molecule has 3 heteroatoms. The molecular formula is C18H16FNO.